The van der Waals surface area contributed by atoms with Gasteiger partial charge in [-0.2, -0.15) is 0 Å². The Bertz CT molecular complexity index is 455. The normalized spacial score (nSPS) is 25.7. The van der Waals surface area contributed by atoms with E-state index < -0.39 is 5.67 Å². The molecule has 0 aromatic heterocycles. The minimum absolute atomic E-state index is 0.0174. The summed E-state index contributed by atoms with van der Waals surface area (Å²) in [6.07, 6.45) is 1.96. The molecule has 0 spiro atoms. The molecule has 1 aromatic carbocycles. The van der Waals surface area contributed by atoms with Gasteiger partial charge in [0.15, 0.2) is 11.5 Å². The van der Waals surface area contributed by atoms with Crippen molar-refractivity contribution in [3.05, 3.63) is 23.8 Å². The number of fused-ring (bicyclic) bond motifs is 1. The van der Waals surface area contributed by atoms with Gasteiger partial charge in [-0.05, 0) is 44.0 Å². The molecule has 1 N–H and O–H groups in total. The van der Waals surface area contributed by atoms with Crippen molar-refractivity contribution in [2.45, 2.75) is 25.4 Å². The van der Waals surface area contributed by atoms with E-state index in [1.165, 1.54) is 0 Å². The molecule has 2 aliphatic rings. The summed E-state index contributed by atoms with van der Waals surface area (Å²) in [6.45, 7) is 4.50. The van der Waals surface area contributed by atoms with Crippen LogP contribution in [0.3, 0.4) is 0 Å². The second-order valence-corrected chi connectivity index (χ2v) is 5.48. The maximum Gasteiger partial charge on any atom is 0.161 e. The summed E-state index contributed by atoms with van der Waals surface area (Å²) >= 11 is 0. The van der Waals surface area contributed by atoms with Crippen LogP contribution in [0.25, 0.3) is 0 Å². The molecule has 0 aliphatic carbocycles. The van der Waals surface area contributed by atoms with E-state index >= 15 is 4.39 Å². The molecule has 4 heteroatoms. The molecule has 19 heavy (non-hydrogen) atoms. The van der Waals surface area contributed by atoms with E-state index in [-0.39, 0.29) is 5.92 Å². The number of hydrogen-bond donors (Lipinski definition) is 1. The lowest BCUT2D eigenvalue weighted by Gasteiger charge is -2.34. The first-order valence-electron chi connectivity index (χ1n) is 6.97. The number of nitrogens with one attached hydrogen (secondary N) is 1. The van der Waals surface area contributed by atoms with Gasteiger partial charge in [0.25, 0.3) is 0 Å². The Morgan fingerprint density at radius 2 is 2.05 bits per heavy atom. The molecule has 2 unspecified atom stereocenters. The van der Waals surface area contributed by atoms with E-state index in [9.17, 15) is 0 Å². The highest BCUT2D eigenvalue weighted by molar-refractivity contribution is 5.45. The van der Waals surface area contributed by atoms with E-state index in [1.807, 2.05) is 12.1 Å². The second kappa shape index (κ2) is 5.00. The van der Waals surface area contributed by atoms with Crippen LogP contribution in [0.1, 0.15) is 25.3 Å². The summed E-state index contributed by atoms with van der Waals surface area (Å²) in [6, 6.07) is 5.43. The molecule has 1 saturated heterocycles. The first-order chi connectivity index (χ1) is 9.18. The zero-order valence-electron chi connectivity index (χ0n) is 11.2. The predicted octanol–water partition coefficient (Wildman–Crippen LogP) is 2.64. The van der Waals surface area contributed by atoms with Crippen LogP contribution in [-0.4, -0.2) is 26.3 Å². The molecular formula is C15H20FNO2. The zero-order valence-corrected chi connectivity index (χ0v) is 11.2. The Hall–Kier alpha value is -1.29. The van der Waals surface area contributed by atoms with E-state index in [0.29, 0.717) is 30.3 Å². The van der Waals surface area contributed by atoms with E-state index in [0.717, 1.165) is 25.9 Å². The maximum absolute atomic E-state index is 15.1. The number of alkyl halides is 1. The molecule has 104 valence electrons. The Balaban J connectivity index is 1.87. The van der Waals surface area contributed by atoms with Gasteiger partial charge < -0.3 is 14.8 Å². The fourth-order valence-electron chi connectivity index (χ4n) is 2.90. The van der Waals surface area contributed by atoms with Crippen molar-refractivity contribution < 1.29 is 13.9 Å². The van der Waals surface area contributed by atoms with Gasteiger partial charge in [0.2, 0.25) is 0 Å². The van der Waals surface area contributed by atoms with Gasteiger partial charge in [-0.25, -0.2) is 4.39 Å². The first-order valence-corrected chi connectivity index (χ1v) is 6.97. The number of hydrogen-bond acceptors (Lipinski definition) is 3. The molecular weight excluding hydrogens is 245 g/mol. The highest BCUT2D eigenvalue weighted by Gasteiger charge is 2.37. The van der Waals surface area contributed by atoms with Crippen LogP contribution in [0.5, 0.6) is 11.5 Å². The molecule has 2 heterocycles. The summed E-state index contributed by atoms with van der Waals surface area (Å²) < 4.78 is 26.2. The van der Waals surface area contributed by atoms with Crippen LogP contribution in [0.4, 0.5) is 4.39 Å². The molecule has 0 radical (unpaired) electrons. The van der Waals surface area contributed by atoms with Crippen LogP contribution in [0.15, 0.2) is 18.2 Å². The smallest absolute Gasteiger partial charge is 0.161 e. The van der Waals surface area contributed by atoms with Crippen LogP contribution in [-0.2, 0) is 5.67 Å². The third kappa shape index (κ3) is 2.41. The van der Waals surface area contributed by atoms with Gasteiger partial charge in [0, 0.05) is 12.5 Å². The van der Waals surface area contributed by atoms with Crippen molar-refractivity contribution in [3.8, 4) is 11.5 Å². The Kier molecular flexibility index (Phi) is 3.35. The molecule has 2 atom stereocenters. The van der Waals surface area contributed by atoms with E-state index in [2.05, 4.69) is 5.32 Å². The number of benzene rings is 1. The van der Waals surface area contributed by atoms with Gasteiger partial charge >= 0.3 is 0 Å². The van der Waals surface area contributed by atoms with Crippen molar-refractivity contribution >= 4 is 0 Å². The minimum atomic E-state index is -1.33. The topological polar surface area (TPSA) is 30.5 Å². The third-order valence-corrected chi connectivity index (χ3v) is 4.17. The second-order valence-electron chi connectivity index (χ2n) is 5.48. The number of halogens is 1. The Morgan fingerprint density at radius 3 is 2.79 bits per heavy atom. The standard InChI is InChI=1S/C15H20FNO2/c1-15(16,12-3-2-6-17-10-12)11-4-5-13-14(9-11)19-8-7-18-13/h4-5,9,12,17H,2-3,6-8,10H2,1H3. The lowest BCUT2D eigenvalue weighted by Crippen LogP contribution is -2.40. The van der Waals surface area contributed by atoms with Gasteiger partial charge in [-0.3, -0.25) is 0 Å². The molecule has 1 fully saturated rings. The lowest BCUT2D eigenvalue weighted by atomic mass is 9.80. The molecule has 2 aliphatic heterocycles. The molecule has 1 aromatic rings. The summed E-state index contributed by atoms with van der Waals surface area (Å²) in [4.78, 5) is 0. The van der Waals surface area contributed by atoms with Crippen LogP contribution in [0.2, 0.25) is 0 Å². The molecule has 3 nitrogen and oxygen atoms in total. The molecule has 0 amide bonds. The largest absolute Gasteiger partial charge is 0.486 e. The van der Waals surface area contributed by atoms with Gasteiger partial charge in [0.05, 0.1) is 0 Å². The Morgan fingerprint density at radius 1 is 1.26 bits per heavy atom. The van der Waals surface area contributed by atoms with Crippen LogP contribution < -0.4 is 14.8 Å². The summed E-state index contributed by atoms with van der Waals surface area (Å²) in [5.74, 6) is 1.40. The van der Waals surface area contributed by atoms with Crippen molar-refractivity contribution in [1.29, 1.82) is 0 Å². The van der Waals surface area contributed by atoms with E-state index in [1.54, 1.807) is 13.0 Å². The Labute approximate surface area is 113 Å². The maximum atomic E-state index is 15.1. The van der Waals surface area contributed by atoms with Crippen molar-refractivity contribution in [2.24, 2.45) is 5.92 Å². The van der Waals surface area contributed by atoms with Crippen molar-refractivity contribution in [3.63, 3.8) is 0 Å². The third-order valence-electron chi connectivity index (χ3n) is 4.17. The van der Waals surface area contributed by atoms with Crippen LogP contribution in [0, 0.1) is 5.92 Å². The monoisotopic (exact) mass is 265 g/mol. The van der Waals surface area contributed by atoms with E-state index in [4.69, 9.17) is 9.47 Å². The SMILES string of the molecule is CC(F)(c1ccc2c(c1)OCCO2)C1CCCNC1. The molecule has 3 rings (SSSR count). The van der Waals surface area contributed by atoms with Crippen molar-refractivity contribution in [1.82, 2.24) is 5.32 Å². The zero-order chi connectivity index (χ0) is 13.3. The summed E-state index contributed by atoms with van der Waals surface area (Å²) in [7, 11) is 0. The van der Waals surface area contributed by atoms with Gasteiger partial charge in [-0.1, -0.05) is 6.07 Å². The predicted molar refractivity (Wildman–Crippen MR) is 71.5 cm³/mol. The lowest BCUT2D eigenvalue weighted by molar-refractivity contribution is 0.0802. The number of rotatable bonds is 2. The quantitative estimate of drug-likeness (QED) is 0.891. The number of ether oxygens (including phenoxy) is 2. The highest BCUT2D eigenvalue weighted by atomic mass is 19.1. The average molecular weight is 265 g/mol. The summed E-state index contributed by atoms with van der Waals surface area (Å²) in [5.41, 5.74) is -0.645. The first kappa shape index (κ1) is 12.7. The van der Waals surface area contributed by atoms with Gasteiger partial charge in [0.1, 0.15) is 18.9 Å². The fraction of sp³-hybridized carbons (Fsp3) is 0.600. The minimum Gasteiger partial charge on any atom is -0.486 e. The summed E-state index contributed by atoms with van der Waals surface area (Å²) in [5, 5.41) is 3.28. The highest BCUT2D eigenvalue weighted by Crippen LogP contribution is 2.41. The fourth-order valence-corrected chi connectivity index (χ4v) is 2.90. The van der Waals surface area contributed by atoms with Crippen molar-refractivity contribution in [2.75, 3.05) is 26.3 Å². The molecule has 0 saturated carbocycles. The molecule has 0 bridgehead atoms. The van der Waals surface area contributed by atoms with Crippen LogP contribution >= 0.6 is 0 Å². The number of piperidine rings is 1. The van der Waals surface area contributed by atoms with Gasteiger partial charge in [-0.15, -0.1) is 0 Å². The average Bonchev–Trinajstić information content (AvgIpc) is 2.47.